The van der Waals surface area contributed by atoms with Crippen molar-refractivity contribution in [3.63, 3.8) is 0 Å². The Bertz CT molecular complexity index is 1390. The fourth-order valence-electron chi connectivity index (χ4n) is 4.42. The number of nitrogens with one attached hydrogen (secondary N) is 1. The largest absolute Gasteiger partial charge is 0.492 e. The summed E-state index contributed by atoms with van der Waals surface area (Å²) in [5, 5.41) is 2.99. The normalized spacial score (nSPS) is 12.7. The summed E-state index contributed by atoms with van der Waals surface area (Å²) in [7, 11) is -4.17. The molecule has 1 N–H and O–H groups in total. The minimum atomic E-state index is -4.17. The second-order valence-electron chi connectivity index (χ2n) is 9.97. The molecule has 3 aromatic carbocycles. The lowest BCUT2D eigenvalue weighted by Crippen LogP contribution is -2.53. The summed E-state index contributed by atoms with van der Waals surface area (Å²) in [4.78, 5) is 29.1. The molecule has 2 amide bonds. The van der Waals surface area contributed by atoms with E-state index in [1.165, 1.54) is 17.0 Å². The van der Waals surface area contributed by atoms with Crippen LogP contribution in [0.15, 0.2) is 83.8 Å². The van der Waals surface area contributed by atoms with Gasteiger partial charge in [-0.25, -0.2) is 8.42 Å². The molecule has 3 rings (SSSR count). The van der Waals surface area contributed by atoms with Crippen LogP contribution in [0.4, 0.5) is 5.69 Å². The molecule has 3 aromatic rings. The number of ether oxygens (including phenoxy) is 1. The Balaban J connectivity index is 2.09. The Labute approximate surface area is 244 Å². The summed E-state index contributed by atoms with van der Waals surface area (Å²) in [6.07, 6.45) is 1.10. The molecule has 0 heterocycles. The van der Waals surface area contributed by atoms with Crippen molar-refractivity contribution in [2.24, 2.45) is 0 Å². The van der Waals surface area contributed by atoms with Gasteiger partial charge < -0.3 is 15.0 Å². The molecule has 0 spiro atoms. The molecule has 0 saturated carbocycles. The topological polar surface area (TPSA) is 96.0 Å². The molecule has 9 heteroatoms. The monoisotopic (exact) mass is 579 g/mol. The summed E-state index contributed by atoms with van der Waals surface area (Å²) >= 11 is 0. The highest BCUT2D eigenvalue weighted by Gasteiger charge is 2.34. The highest BCUT2D eigenvalue weighted by atomic mass is 32.2. The third-order valence-corrected chi connectivity index (χ3v) is 8.68. The molecule has 0 radical (unpaired) electrons. The molecule has 0 fully saturated rings. The predicted octanol–water partition coefficient (Wildman–Crippen LogP) is 5.31. The molecule has 41 heavy (non-hydrogen) atoms. The van der Waals surface area contributed by atoms with Crippen molar-refractivity contribution < 1.29 is 22.7 Å². The van der Waals surface area contributed by atoms with Crippen LogP contribution in [-0.4, -0.2) is 50.4 Å². The van der Waals surface area contributed by atoms with Crippen LogP contribution >= 0.6 is 0 Å². The van der Waals surface area contributed by atoms with Gasteiger partial charge in [0.25, 0.3) is 10.0 Å². The minimum Gasteiger partial charge on any atom is -0.492 e. The van der Waals surface area contributed by atoms with Gasteiger partial charge in [0.2, 0.25) is 11.8 Å². The van der Waals surface area contributed by atoms with Gasteiger partial charge in [-0.2, -0.15) is 0 Å². The van der Waals surface area contributed by atoms with E-state index in [1.807, 2.05) is 58.9 Å². The van der Waals surface area contributed by atoms with E-state index in [-0.39, 0.29) is 29.1 Å². The van der Waals surface area contributed by atoms with Crippen LogP contribution in [-0.2, 0) is 26.2 Å². The van der Waals surface area contributed by atoms with Crippen LogP contribution in [0.25, 0.3) is 0 Å². The van der Waals surface area contributed by atoms with Crippen molar-refractivity contribution >= 4 is 27.5 Å². The molecule has 8 nitrogen and oxygen atoms in total. The number of para-hydroxylation sites is 2. The lowest BCUT2D eigenvalue weighted by molar-refractivity contribution is -0.140. The molecule has 0 bridgehead atoms. The van der Waals surface area contributed by atoms with Crippen molar-refractivity contribution in [2.75, 3.05) is 17.5 Å². The first kappa shape index (κ1) is 31.7. The number of sulfonamides is 1. The van der Waals surface area contributed by atoms with Crippen LogP contribution in [0.1, 0.15) is 51.7 Å². The Kier molecular flexibility index (Phi) is 11.3. The Hall–Kier alpha value is -3.85. The van der Waals surface area contributed by atoms with Crippen molar-refractivity contribution in [3.05, 3.63) is 90.0 Å². The zero-order chi connectivity index (χ0) is 30.0. The molecular formula is C32H41N3O5S. The first-order valence-corrected chi connectivity index (χ1v) is 15.5. The maximum atomic E-state index is 14.2. The van der Waals surface area contributed by atoms with E-state index < -0.39 is 28.5 Å². The third kappa shape index (κ3) is 8.10. The zero-order valence-corrected chi connectivity index (χ0v) is 25.4. The molecular weight excluding hydrogens is 538 g/mol. The van der Waals surface area contributed by atoms with E-state index in [0.29, 0.717) is 18.8 Å². The molecule has 0 aliphatic rings. The maximum Gasteiger partial charge on any atom is 0.264 e. The lowest BCUT2D eigenvalue weighted by atomic mass is 10.1. The standard InChI is InChI=1S/C32H41N3O5S/c1-6-25(5)33-32(37)28(7-2)34(22-26-20-18-24(4)19-21-26)31(36)23-35(29-16-12-13-17-30(29)40-8-3)41(38,39)27-14-10-9-11-15-27/h9-21,25,28H,6-8,22-23H2,1-5H3,(H,33,37)/t25-,28+/m1/s1. The van der Waals surface area contributed by atoms with E-state index in [4.69, 9.17) is 4.74 Å². The number of hydrogen-bond acceptors (Lipinski definition) is 5. The van der Waals surface area contributed by atoms with Crippen LogP contribution in [0.2, 0.25) is 0 Å². The number of anilines is 1. The van der Waals surface area contributed by atoms with Gasteiger partial charge in [-0.3, -0.25) is 13.9 Å². The summed E-state index contributed by atoms with van der Waals surface area (Å²) < 4.78 is 34.9. The Morgan fingerprint density at radius 3 is 2.12 bits per heavy atom. The van der Waals surface area contributed by atoms with E-state index in [2.05, 4.69) is 5.32 Å². The number of benzene rings is 3. The van der Waals surface area contributed by atoms with E-state index >= 15 is 0 Å². The van der Waals surface area contributed by atoms with Crippen LogP contribution in [0, 0.1) is 6.92 Å². The number of amides is 2. The number of hydrogen-bond donors (Lipinski definition) is 1. The summed E-state index contributed by atoms with van der Waals surface area (Å²) in [6.45, 7) is 9.47. The van der Waals surface area contributed by atoms with Crippen molar-refractivity contribution in [1.82, 2.24) is 10.2 Å². The molecule has 0 aliphatic carbocycles. The van der Waals surface area contributed by atoms with E-state index in [9.17, 15) is 18.0 Å². The lowest BCUT2D eigenvalue weighted by Gasteiger charge is -2.34. The van der Waals surface area contributed by atoms with Gasteiger partial charge in [-0.1, -0.05) is 74.0 Å². The first-order valence-electron chi connectivity index (χ1n) is 14.1. The molecule has 0 unspecified atom stereocenters. The fourth-order valence-corrected chi connectivity index (χ4v) is 5.87. The number of carbonyl (C=O) groups is 2. The average molecular weight is 580 g/mol. The Morgan fingerprint density at radius 1 is 0.878 bits per heavy atom. The highest BCUT2D eigenvalue weighted by molar-refractivity contribution is 7.92. The molecule has 2 atom stereocenters. The van der Waals surface area contributed by atoms with Gasteiger partial charge in [0.05, 0.1) is 17.2 Å². The van der Waals surface area contributed by atoms with Crippen molar-refractivity contribution in [3.8, 4) is 5.75 Å². The number of carbonyl (C=O) groups excluding carboxylic acids is 2. The summed E-state index contributed by atoms with van der Waals surface area (Å²) in [6, 6.07) is 21.6. The average Bonchev–Trinajstić information content (AvgIpc) is 2.97. The molecule has 0 saturated heterocycles. The summed E-state index contributed by atoms with van der Waals surface area (Å²) in [5.74, 6) is -0.425. The predicted molar refractivity (Wildman–Crippen MR) is 162 cm³/mol. The number of aryl methyl sites for hydroxylation is 1. The van der Waals surface area contributed by atoms with Crippen LogP contribution in [0.3, 0.4) is 0 Å². The maximum absolute atomic E-state index is 14.2. The number of rotatable bonds is 14. The second kappa shape index (κ2) is 14.7. The number of nitrogens with zero attached hydrogens (tertiary/aromatic N) is 2. The minimum absolute atomic E-state index is 0.0470. The van der Waals surface area contributed by atoms with Gasteiger partial charge in [-0.05, 0) is 63.4 Å². The second-order valence-corrected chi connectivity index (χ2v) is 11.8. The zero-order valence-electron chi connectivity index (χ0n) is 24.5. The smallest absolute Gasteiger partial charge is 0.264 e. The quantitative estimate of drug-likeness (QED) is 0.279. The third-order valence-electron chi connectivity index (χ3n) is 6.90. The Morgan fingerprint density at radius 2 is 1.51 bits per heavy atom. The highest BCUT2D eigenvalue weighted by Crippen LogP contribution is 2.33. The van der Waals surface area contributed by atoms with Crippen LogP contribution < -0.4 is 14.4 Å². The SMILES string of the molecule is CCOc1ccccc1N(CC(=O)N(Cc1ccc(C)cc1)[C@@H](CC)C(=O)N[C@H](C)CC)S(=O)(=O)c1ccccc1. The van der Waals surface area contributed by atoms with E-state index in [0.717, 1.165) is 21.9 Å². The summed E-state index contributed by atoms with van der Waals surface area (Å²) in [5.41, 5.74) is 2.16. The van der Waals surface area contributed by atoms with Gasteiger partial charge in [0.1, 0.15) is 18.3 Å². The van der Waals surface area contributed by atoms with Crippen LogP contribution in [0.5, 0.6) is 5.75 Å². The molecule has 220 valence electrons. The molecule has 0 aliphatic heterocycles. The van der Waals surface area contributed by atoms with Crippen molar-refractivity contribution in [2.45, 2.75) is 71.0 Å². The fraction of sp³-hybridized carbons (Fsp3) is 0.375. The van der Waals surface area contributed by atoms with Crippen molar-refractivity contribution in [1.29, 1.82) is 0 Å². The first-order chi connectivity index (χ1) is 19.6. The van der Waals surface area contributed by atoms with E-state index in [1.54, 1.807) is 42.5 Å². The van der Waals surface area contributed by atoms with Gasteiger partial charge >= 0.3 is 0 Å². The van der Waals surface area contributed by atoms with Gasteiger partial charge in [0.15, 0.2) is 0 Å². The van der Waals surface area contributed by atoms with Gasteiger partial charge in [0, 0.05) is 12.6 Å². The van der Waals surface area contributed by atoms with Gasteiger partial charge in [-0.15, -0.1) is 0 Å². The molecule has 0 aromatic heterocycles.